The Morgan fingerprint density at radius 3 is 2.82 bits per heavy atom. The average Bonchev–Trinajstić information content (AvgIpc) is 2.28. The largest absolute Gasteiger partial charge is 0.227 e. The number of hydrogen-bond donors (Lipinski definition) is 0. The van der Waals surface area contributed by atoms with Gasteiger partial charge in [0.1, 0.15) is 0 Å². The molecule has 3 heteroatoms. The van der Waals surface area contributed by atoms with Gasteiger partial charge in [-0.1, -0.05) is 0 Å². The molecule has 0 N–H and O–H groups in total. The van der Waals surface area contributed by atoms with Gasteiger partial charge in [-0.2, -0.15) is 0 Å². The van der Waals surface area contributed by atoms with Crippen molar-refractivity contribution in [2.24, 2.45) is 4.99 Å². The summed E-state index contributed by atoms with van der Waals surface area (Å²) in [6.45, 7) is 4.91. The fourth-order valence-electron chi connectivity index (χ4n) is 0.838. The van der Waals surface area contributed by atoms with Crippen molar-refractivity contribution in [3.05, 3.63) is 21.4 Å². The zero-order valence-electron chi connectivity index (χ0n) is 6.55. The predicted octanol–water partition coefficient (Wildman–Crippen LogP) is 2.97. The fourth-order valence-corrected chi connectivity index (χ4v) is 1.88. The lowest BCUT2D eigenvalue weighted by Crippen LogP contribution is -1.70. The first kappa shape index (κ1) is 8.60. The highest BCUT2D eigenvalue weighted by Crippen LogP contribution is 2.20. The SMILES string of the molecule is Cc1cc(CN=C=S)sc1C. The molecule has 1 aromatic rings. The van der Waals surface area contributed by atoms with Crippen LogP contribution >= 0.6 is 23.6 Å². The van der Waals surface area contributed by atoms with E-state index in [1.165, 1.54) is 15.3 Å². The van der Waals surface area contributed by atoms with Crippen LogP contribution in [0.3, 0.4) is 0 Å². The molecule has 1 aromatic heterocycles. The van der Waals surface area contributed by atoms with Gasteiger partial charge >= 0.3 is 0 Å². The number of aryl methyl sites for hydroxylation is 2. The van der Waals surface area contributed by atoms with Gasteiger partial charge in [-0.05, 0) is 37.7 Å². The fraction of sp³-hybridized carbons (Fsp3) is 0.375. The third-order valence-corrected chi connectivity index (χ3v) is 2.78. The van der Waals surface area contributed by atoms with Crippen molar-refractivity contribution in [2.75, 3.05) is 0 Å². The molecule has 58 valence electrons. The van der Waals surface area contributed by atoms with Crippen LogP contribution in [0.2, 0.25) is 0 Å². The highest BCUT2D eigenvalue weighted by molar-refractivity contribution is 7.78. The summed E-state index contributed by atoms with van der Waals surface area (Å²) in [5.41, 5.74) is 1.34. The number of thiophene rings is 1. The third-order valence-electron chi connectivity index (χ3n) is 1.52. The van der Waals surface area contributed by atoms with Crippen molar-refractivity contribution in [1.82, 2.24) is 0 Å². The Bertz CT molecular complexity index is 276. The van der Waals surface area contributed by atoms with E-state index in [-0.39, 0.29) is 0 Å². The molecule has 0 spiro atoms. The first-order valence-corrected chi connectivity index (χ1v) is 4.56. The standard InChI is InChI=1S/C8H9NS2/c1-6-3-8(4-9-5-10)11-7(6)2/h3H,4H2,1-2H3. The van der Waals surface area contributed by atoms with Gasteiger partial charge in [0.15, 0.2) is 0 Å². The van der Waals surface area contributed by atoms with E-state index in [2.05, 4.69) is 42.3 Å². The monoisotopic (exact) mass is 183 g/mol. The van der Waals surface area contributed by atoms with Gasteiger partial charge in [-0.25, -0.2) is 4.99 Å². The summed E-state index contributed by atoms with van der Waals surface area (Å²) in [6, 6.07) is 2.15. The van der Waals surface area contributed by atoms with Crippen LogP contribution in [0.1, 0.15) is 15.3 Å². The summed E-state index contributed by atoms with van der Waals surface area (Å²) >= 11 is 6.25. The Morgan fingerprint density at radius 1 is 1.64 bits per heavy atom. The van der Waals surface area contributed by atoms with E-state index >= 15 is 0 Å². The molecule has 0 fully saturated rings. The molecule has 0 aliphatic rings. The minimum Gasteiger partial charge on any atom is -0.227 e. The zero-order chi connectivity index (χ0) is 8.27. The molecular weight excluding hydrogens is 174 g/mol. The molecule has 0 radical (unpaired) electrons. The number of nitrogens with zero attached hydrogens (tertiary/aromatic N) is 1. The molecular formula is C8H9NS2. The van der Waals surface area contributed by atoms with Crippen molar-refractivity contribution in [1.29, 1.82) is 0 Å². The van der Waals surface area contributed by atoms with E-state index < -0.39 is 0 Å². The van der Waals surface area contributed by atoms with Crippen LogP contribution in [0, 0.1) is 13.8 Å². The number of rotatable bonds is 2. The second-order valence-corrected chi connectivity index (χ2v) is 3.88. The summed E-state index contributed by atoms with van der Waals surface area (Å²) in [5, 5.41) is 2.36. The summed E-state index contributed by atoms with van der Waals surface area (Å²) in [5.74, 6) is 0. The van der Waals surface area contributed by atoms with E-state index in [1.807, 2.05) is 0 Å². The van der Waals surface area contributed by atoms with Crippen LogP contribution in [0.4, 0.5) is 0 Å². The van der Waals surface area contributed by atoms with Crippen LogP contribution < -0.4 is 0 Å². The van der Waals surface area contributed by atoms with Crippen LogP contribution in [-0.2, 0) is 6.54 Å². The first-order chi connectivity index (χ1) is 5.24. The zero-order valence-corrected chi connectivity index (χ0v) is 8.18. The number of thiocarbonyl (C=S) groups is 1. The van der Waals surface area contributed by atoms with Crippen LogP contribution in [-0.4, -0.2) is 5.16 Å². The van der Waals surface area contributed by atoms with Gasteiger partial charge in [-0.3, -0.25) is 0 Å². The molecule has 0 unspecified atom stereocenters. The predicted molar refractivity (Wildman–Crippen MR) is 52.5 cm³/mol. The van der Waals surface area contributed by atoms with Gasteiger partial charge in [0.2, 0.25) is 0 Å². The lowest BCUT2D eigenvalue weighted by molar-refractivity contribution is 1.12. The number of hydrogen-bond acceptors (Lipinski definition) is 3. The van der Waals surface area contributed by atoms with E-state index in [1.54, 1.807) is 11.3 Å². The van der Waals surface area contributed by atoms with Gasteiger partial charge in [0.05, 0.1) is 11.7 Å². The molecule has 1 heterocycles. The minimum atomic E-state index is 0.683. The first-order valence-electron chi connectivity index (χ1n) is 3.33. The highest BCUT2D eigenvalue weighted by Gasteiger charge is 1.98. The van der Waals surface area contributed by atoms with Gasteiger partial charge in [-0.15, -0.1) is 11.3 Å². The van der Waals surface area contributed by atoms with Crippen molar-refractivity contribution < 1.29 is 0 Å². The Labute approximate surface area is 75.8 Å². The summed E-state index contributed by atoms with van der Waals surface area (Å²) in [7, 11) is 0. The Morgan fingerprint density at radius 2 is 2.36 bits per heavy atom. The van der Waals surface area contributed by atoms with Crippen molar-refractivity contribution >= 4 is 28.7 Å². The smallest absolute Gasteiger partial charge is 0.0836 e. The van der Waals surface area contributed by atoms with E-state index in [4.69, 9.17) is 0 Å². The number of isothiocyanates is 1. The van der Waals surface area contributed by atoms with Gasteiger partial charge in [0, 0.05) is 9.75 Å². The molecule has 0 amide bonds. The highest BCUT2D eigenvalue weighted by atomic mass is 32.1. The summed E-state index contributed by atoms with van der Waals surface area (Å²) < 4.78 is 0. The Balaban J connectivity index is 2.80. The van der Waals surface area contributed by atoms with Crippen molar-refractivity contribution in [3.8, 4) is 0 Å². The maximum absolute atomic E-state index is 4.48. The molecule has 0 saturated carbocycles. The quantitative estimate of drug-likeness (QED) is 0.507. The third kappa shape index (κ3) is 2.22. The maximum Gasteiger partial charge on any atom is 0.0836 e. The van der Waals surface area contributed by atoms with Crippen molar-refractivity contribution in [2.45, 2.75) is 20.4 Å². The van der Waals surface area contributed by atoms with Crippen LogP contribution in [0.25, 0.3) is 0 Å². The molecule has 0 aliphatic carbocycles. The molecule has 0 saturated heterocycles. The Hall–Kier alpha value is -0.500. The molecule has 0 bridgehead atoms. The topological polar surface area (TPSA) is 12.4 Å². The van der Waals surface area contributed by atoms with Gasteiger partial charge < -0.3 is 0 Å². The van der Waals surface area contributed by atoms with Crippen LogP contribution in [0.15, 0.2) is 11.1 Å². The van der Waals surface area contributed by atoms with E-state index in [0.29, 0.717) is 6.54 Å². The lowest BCUT2D eigenvalue weighted by Gasteiger charge is -1.82. The average molecular weight is 183 g/mol. The molecule has 0 atom stereocenters. The maximum atomic E-state index is 4.48. The van der Waals surface area contributed by atoms with E-state index in [9.17, 15) is 0 Å². The molecule has 0 aliphatic heterocycles. The van der Waals surface area contributed by atoms with Crippen molar-refractivity contribution in [3.63, 3.8) is 0 Å². The molecule has 1 nitrogen and oxygen atoms in total. The normalized spacial score (nSPS) is 9.27. The second kappa shape index (κ2) is 3.77. The molecule has 1 rings (SSSR count). The van der Waals surface area contributed by atoms with Crippen LogP contribution in [0.5, 0.6) is 0 Å². The van der Waals surface area contributed by atoms with Gasteiger partial charge in [0.25, 0.3) is 0 Å². The second-order valence-electron chi connectivity index (χ2n) is 2.36. The lowest BCUT2D eigenvalue weighted by atomic mass is 10.3. The Kier molecular flexibility index (Phi) is 2.94. The number of aliphatic imine (C=N–C) groups is 1. The summed E-state index contributed by atoms with van der Waals surface area (Å²) in [4.78, 5) is 6.49. The molecule has 11 heavy (non-hydrogen) atoms. The summed E-state index contributed by atoms with van der Waals surface area (Å²) in [6.07, 6.45) is 0. The molecule has 0 aromatic carbocycles. The van der Waals surface area contributed by atoms with E-state index in [0.717, 1.165) is 0 Å². The minimum absolute atomic E-state index is 0.683.